The van der Waals surface area contributed by atoms with Gasteiger partial charge in [-0.1, -0.05) is 53.8 Å². The first-order valence-electron chi connectivity index (χ1n) is 7.58. The predicted octanol–water partition coefficient (Wildman–Crippen LogP) is 0.926. The van der Waals surface area contributed by atoms with Gasteiger partial charge in [-0.05, 0) is 24.6 Å². The van der Waals surface area contributed by atoms with Gasteiger partial charge >= 0.3 is 5.97 Å². The summed E-state index contributed by atoms with van der Waals surface area (Å²) in [7, 11) is 0. The first-order valence-corrected chi connectivity index (χ1v) is 8.39. The van der Waals surface area contributed by atoms with Crippen molar-refractivity contribution < 1.29 is 31.1 Å². The minimum atomic E-state index is -0.213. The number of fused-ring (bicyclic) bond motifs is 1. The van der Waals surface area contributed by atoms with E-state index in [0.717, 1.165) is 20.8 Å². The van der Waals surface area contributed by atoms with Gasteiger partial charge in [-0.3, -0.25) is 0 Å². The largest absolute Gasteiger partial charge is 1.00 e. The molecule has 1 heterocycles. The molecular weight excluding hydrogens is 386 g/mol. The molecule has 3 nitrogen and oxygen atoms in total. The van der Waals surface area contributed by atoms with Crippen molar-refractivity contribution >= 4 is 39.7 Å². The number of rotatable bonds is 5. The Hall–Kier alpha value is -1.98. The number of benzene rings is 2. The molecule has 0 aliphatic heterocycles. The molecule has 3 rings (SSSR count). The third-order valence-electron chi connectivity index (χ3n) is 3.45. The van der Waals surface area contributed by atoms with Crippen molar-refractivity contribution in [3.8, 4) is 0 Å². The van der Waals surface area contributed by atoms with Crippen LogP contribution in [0.4, 0.5) is 0 Å². The quantitative estimate of drug-likeness (QED) is 0.468. The molecule has 0 saturated heterocycles. The molecule has 0 fully saturated rings. The van der Waals surface area contributed by atoms with Gasteiger partial charge in [0, 0.05) is 12.1 Å². The molecule has 0 aliphatic rings. The van der Waals surface area contributed by atoms with Crippen LogP contribution in [-0.2, 0) is 16.1 Å². The average molecular weight is 404 g/mol. The lowest BCUT2D eigenvalue weighted by Crippen LogP contribution is -3.00. The minimum Gasteiger partial charge on any atom is -1.00 e. The summed E-state index contributed by atoms with van der Waals surface area (Å²) in [5.74, 6) is -0.213. The van der Waals surface area contributed by atoms with Gasteiger partial charge in [0.05, 0.1) is 6.61 Å². The molecule has 0 saturated carbocycles. The highest BCUT2D eigenvalue weighted by Gasteiger charge is 2.21. The van der Waals surface area contributed by atoms with Crippen LogP contribution in [0.1, 0.15) is 17.5 Å². The number of ether oxygens (including phenoxy) is 1. The van der Waals surface area contributed by atoms with Crippen LogP contribution in [-0.4, -0.2) is 12.6 Å². The van der Waals surface area contributed by atoms with Crippen LogP contribution < -0.4 is 21.5 Å². The third-order valence-corrected chi connectivity index (χ3v) is 4.58. The summed E-state index contributed by atoms with van der Waals surface area (Å²) in [6, 6.07) is 18.2. The Morgan fingerprint density at radius 3 is 2.54 bits per heavy atom. The first-order chi connectivity index (χ1) is 11.3. The molecule has 0 atom stereocenters. The van der Waals surface area contributed by atoms with E-state index < -0.39 is 0 Å². The molecule has 0 unspecified atom stereocenters. The van der Waals surface area contributed by atoms with Gasteiger partial charge in [0.25, 0.3) is 5.01 Å². The summed E-state index contributed by atoms with van der Waals surface area (Å²) >= 11 is 1.67. The van der Waals surface area contributed by atoms with Gasteiger partial charge in [0.1, 0.15) is 4.70 Å². The van der Waals surface area contributed by atoms with Crippen molar-refractivity contribution in [2.75, 3.05) is 6.61 Å². The molecule has 3 aromatic rings. The van der Waals surface area contributed by atoms with E-state index in [1.165, 1.54) is 0 Å². The fourth-order valence-electron chi connectivity index (χ4n) is 2.41. The average Bonchev–Trinajstić information content (AvgIpc) is 2.92. The molecule has 0 bridgehead atoms. The van der Waals surface area contributed by atoms with Crippen molar-refractivity contribution in [1.29, 1.82) is 0 Å². The summed E-state index contributed by atoms with van der Waals surface area (Å²) in [6.45, 7) is 2.45. The molecule has 0 aliphatic carbocycles. The van der Waals surface area contributed by atoms with E-state index in [1.54, 1.807) is 11.3 Å². The number of para-hydroxylation sites is 1. The Labute approximate surface area is 156 Å². The fraction of sp³-hybridized carbons (Fsp3) is 0.158. The van der Waals surface area contributed by atoms with E-state index in [4.69, 9.17) is 4.74 Å². The Morgan fingerprint density at radius 2 is 1.79 bits per heavy atom. The number of nitrogens with zero attached hydrogens (tertiary/aromatic N) is 1. The van der Waals surface area contributed by atoms with Gasteiger partial charge in [-0.2, -0.15) is 4.57 Å². The molecule has 0 amide bonds. The van der Waals surface area contributed by atoms with Crippen molar-refractivity contribution in [3.63, 3.8) is 0 Å². The highest BCUT2D eigenvalue weighted by atomic mass is 79.9. The van der Waals surface area contributed by atoms with E-state index in [9.17, 15) is 4.79 Å². The van der Waals surface area contributed by atoms with Gasteiger partial charge in [-0.15, -0.1) is 0 Å². The molecule has 0 spiro atoms. The Bertz CT molecular complexity index is 843. The second-order valence-electron chi connectivity index (χ2n) is 5.04. The van der Waals surface area contributed by atoms with Gasteiger partial charge in [0.15, 0.2) is 0 Å². The topological polar surface area (TPSA) is 30.2 Å². The maximum absolute atomic E-state index is 11.9. The second-order valence-corrected chi connectivity index (χ2v) is 6.11. The molecule has 0 radical (unpaired) electrons. The lowest BCUT2D eigenvalue weighted by molar-refractivity contribution is -0.657. The Balaban J connectivity index is 0.00000208. The summed E-state index contributed by atoms with van der Waals surface area (Å²) in [4.78, 5) is 11.9. The van der Waals surface area contributed by atoms with Gasteiger partial charge < -0.3 is 21.7 Å². The molecular formula is C19H18BrNO2S. The van der Waals surface area contributed by atoms with Crippen LogP contribution >= 0.6 is 11.3 Å². The van der Waals surface area contributed by atoms with Gasteiger partial charge in [-0.25, -0.2) is 4.79 Å². The summed E-state index contributed by atoms with van der Waals surface area (Å²) < 4.78 is 8.27. The first kappa shape index (κ1) is 18.4. The van der Waals surface area contributed by atoms with E-state index >= 15 is 0 Å². The maximum atomic E-state index is 11.9. The standard InChI is InChI=1S/C19H18NO2S.BrH/c1-2-22-19(21)14-20-16-10-6-7-11-17(16)23-18(20)13-12-15-8-4-3-5-9-15;/h3-13H,2,14H2,1H3;1H/q+1;/p-1/b13-12+;. The number of carbonyl (C=O) groups excluding carboxylic acids is 1. The fourth-order valence-corrected chi connectivity index (χ4v) is 3.47. The van der Waals surface area contributed by atoms with E-state index in [1.807, 2.05) is 47.9 Å². The number of esters is 1. The second kappa shape index (κ2) is 8.76. The normalized spacial score (nSPS) is 10.7. The van der Waals surface area contributed by atoms with Crippen LogP contribution in [0.15, 0.2) is 54.6 Å². The lowest BCUT2D eigenvalue weighted by Gasteiger charge is -1.98. The van der Waals surface area contributed by atoms with Crippen LogP contribution in [0.3, 0.4) is 0 Å². The molecule has 0 N–H and O–H groups in total. The number of hydrogen-bond acceptors (Lipinski definition) is 3. The van der Waals surface area contributed by atoms with Crippen LogP contribution in [0.2, 0.25) is 0 Å². The predicted molar refractivity (Wildman–Crippen MR) is 94.0 cm³/mol. The lowest BCUT2D eigenvalue weighted by atomic mass is 10.2. The summed E-state index contributed by atoms with van der Waals surface area (Å²) in [5, 5.41) is 1.03. The SMILES string of the molecule is CCOC(=O)C[n+]1c(/C=C/c2ccccc2)sc2ccccc21.[Br-]. The van der Waals surface area contributed by atoms with Crippen molar-refractivity contribution in [2.24, 2.45) is 0 Å². The molecule has 5 heteroatoms. The third kappa shape index (κ3) is 4.30. The number of hydrogen-bond donors (Lipinski definition) is 0. The van der Waals surface area contributed by atoms with Crippen LogP contribution in [0.25, 0.3) is 22.4 Å². The van der Waals surface area contributed by atoms with Crippen molar-refractivity contribution in [1.82, 2.24) is 0 Å². The van der Waals surface area contributed by atoms with Crippen LogP contribution in [0.5, 0.6) is 0 Å². The smallest absolute Gasteiger partial charge is 0.372 e. The Kier molecular flexibility index (Phi) is 6.70. The van der Waals surface area contributed by atoms with E-state index in [2.05, 4.69) is 30.4 Å². The monoisotopic (exact) mass is 403 g/mol. The molecule has 2 aromatic carbocycles. The van der Waals surface area contributed by atoms with Gasteiger partial charge in [0.2, 0.25) is 12.1 Å². The number of halogens is 1. The molecule has 124 valence electrons. The molecule has 1 aromatic heterocycles. The number of thiazole rings is 1. The van der Waals surface area contributed by atoms with E-state index in [0.29, 0.717) is 6.61 Å². The van der Waals surface area contributed by atoms with Crippen molar-refractivity contribution in [2.45, 2.75) is 13.5 Å². The Morgan fingerprint density at radius 1 is 1.08 bits per heavy atom. The van der Waals surface area contributed by atoms with Crippen LogP contribution in [0, 0.1) is 0 Å². The van der Waals surface area contributed by atoms with E-state index in [-0.39, 0.29) is 29.5 Å². The maximum Gasteiger partial charge on any atom is 0.372 e. The number of carbonyl (C=O) groups is 1. The molecule has 24 heavy (non-hydrogen) atoms. The minimum absolute atomic E-state index is 0. The summed E-state index contributed by atoms with van der Waals surface area (Å²) in [5.41, 5.74) is 2.19. The highest BCUT2D eigenvalue weighted by Crippen LogP contribution is 2.22. The van der Waals surface area contributed by atoms with Crippen molar-refractivity contribution in [3.05, 3.63) is 65.2 Å². The number of aromatic nitrogens is 1. The highest BCUT2D eigenvalue weighted by molar-refractivity contribution is 7.18. The summed E-state index contributed by atoms with van der Waals surface area (Å²) in [6.07, 6.45) is 4.12. The zero-order valence-electron chi connectivity index (χ0n) is 13.3. The zero-order valence-corrected chi connectivity index (χ0v) is 15.7. The zero-order chi connectivity index (χ0) is 16.1.